The molecule has 0 bridgehead atoms. The van der Waals surface area contributed by atoms with Gasteiger partial charge in [-0.25, -0.2) is 0 Å². The van der Waals surface area contributed by atoms with Gasteiger partial charge in [0.2, 0.25) is 0 Å². The van der Waals surface area contributed by atoms with Crippen molar-refractivity contribution in [3.05, 3.63) is 24.3 Å². The molecule has 0 radical (unpaired) electrons. The average molecular weight is 689 g/mol. The molecule has 0 aromatic carbocycles. The zero-order valence-electron chi connectivity index (χ0n) is 33.0. The normalized spacial score (nSPS) is 12.4. The lowest BCUT2D eigenvalue weighted by molar-refractivity contribution is -0.147. The van der Waals surface area contributed by atoms with Crippen LogP contribution in [0.25, 0.3) is 0 Å². The topological polar surface area (TPSA) is 63.6 Å². The van der Waals surface area contributed by atoms with Crippen LogP contribution in [0.15, 0.2) is 24.3 Å². The van der Waals surface area contributed by atoms with Gasteiger partial charge in [-0.15, -0.1) is 0 Å². The summed E-state index contributed by atoms with van der Waals surface area (Å²) in [5.74, 6) is -0.734. The molecular formula is C45H84O4. The summed E-state index contributed by atoms with van der Waals surface area (Å²) < 4.78 is 5.94. The van der Waals surface area contributed by atoms with Crippen molar-refractivity contribution in [3.8, 4) is 0 Å². The first-order valence-corrected chi connectivity index (χ1v) is 21.8. The number of allylic oxidation sites excluding steroid dienone is 3. The lowest BCUT2D eigenvalue weighted by Crippen LogP contribution is -2.16. The highest BCUT2D eigenvalue weighted by atomic mass is 16.5. The lowest BCUT2D eigenvalue weighted by atomic mass is 10.0. The summed E-state index contributed by atoms with van der Waals surface area (Å²) in [6, 6.07) is 0. The van der Waals surface area contributed by atoms with Gasteiger partial charge in [0.15, 0.2) is 0 Å². The smallest absolute Gasteiger partial charge is 0.306 e. The summed E-state index contributed by atoms with van der Waals surface area (Å²) in [6.07, 6.45) is 52.3. The van der Waals surface area contributed by atoms with Crippen LogP contribution in [-0.2, 0) is 14.3 Å². The van der Waals surface area contributed by atoms with Gasteiger partial charge in [0.05, 0.1) is 0 Å². The van der Waals surface area contributed by atoms with Crippen LogP contribution in [0.1, 0.15) is 245 Å². The third-order valence-electron chi connectivity index (χ3n) is 9.88. The first kappa shape index (κ1) is 47.4. The maximum atomic E-state index is 12.7. The number of hydrogen-bond donors (Lipinski definition) is 1. The predicted octanol–water partition coefficient (Wildman–Crippen LogP) is 15.2. The molecule has 1 N–H and O–H groups in total. The van der Waals surface area contributed by atoms with Crippen molar-refractivity contribution in [2.24, 2.45) is 0 Å². The van der Waals surface area contributed by atoms with E-state index in [0.717, 1.165) is 64.2 Å². The molecular weight excluding hydrogens is 604 g/mol. The second kappa shape index (κ2) is 40.8. The lowest BCUT2D eigenvalue weighted by Gasteiger charge is -2.15. The average Bonchev–Trinajstić information content (AvgIpc) is 3.09. The second-order valence-electron chi connectivity index (χ2n) is 14.9. The number of carbonyl (C=O) groups excluding carboxylic acids is 1. The van der Waals surface area contributed by atoms with Gasteiger partial charge in [-0.2, -0.15) is 0 Å². The molecule has 1 atom stereocenters. The Morgan fingerprint density at radius 1 is 0.449 bits per heavy atom. The van der Waals surface area contributed by atoms with Gasteiger partial charge in [0.1, 0.15) is 6.10 Å². The zero-order valence-corrected chi connectivity index (χ0v) is 33.0. The van der Waals surface area contributed by atoms with E-state index in [2.05, 4.69) is 38.2 Å². The summed E-state index contributed by atoms with van der Waals surface area (Å²) >= 11 is 0. The van der Waals surface area contributed by atoms with Crippen molar-refractivity contribution >= 4 is 11.9 Å². The van der Waals surface area contributed by atoms with Crippen LogP contribution < -0.4 is 0 Å². The molecule has 0 saturated heterocycles. The monoisotopic (exact) mass is 689 g/mol. The highest BCUT2D eigenvalue weighted by Crippen LogP contribution is 2.17. The van der Waals surface area contributed by atoms with E-state index < -0.39 is 5.97 Å². The fourth-order valence-corrected chi connectivity index (χ4v) is 6.62. The first-order valence-electron chi connectivity index (χ1n) is 21.8. The molecule has 4 nitrogen and oxygen atoms in total. The fourth-order valence-electron chi connectivity index (χ4n) is 6.62. The number of ether oxygens (including phenoxy) is 1. The quantitative estimate of drug-likeness (QED) is 0.0395. The second-order valence-corrected chi connectivity index (χ2v) is 14.9. The van der Waals surface area contributed by atoms with Crippen LogP contribution in [0.5, 0.6) is 0 Å². The van der Waals surface area contributed by atoms with E-state index in [0.29, 0.717) is 6.42 Å². The highest BCUT2D eigenvalue weighted by molar-refractivity contribution is 5.69. The number of rotatable bonds is 40. The van der Waals surface area contributed by atoms with Crippen molar-refractivity contribution < 1.29 is 19.4 Å². The Morgan fingerprint density at radius 3 is 1.22 bits per heavy atom. The van der Waals surface area contributed by atoms with Gasteiger partial charge in [-0.05, 0) is 70.3 Å². The molecule has 0 aliphatic rings. The van der Waals surface area contributed by atoms with E-state index in [4.69, 9.17) is 9.84 Å². The molecule has 0 aromatic heterocycles. The highest BCUT2D eigenvalue weighted by Gasteiger charge is 2.11. The molecule has 0 aliphatic heterocycles. The summed E-state index contributed by atoms with van der Waals surface area (Å²) in [6.45, 7) is 4.55. The maximum absolute atomic E-state index is 12.7. The van der Waals surface area contributed by atoms with Gasteiger partial charge < -0.3 is 9.84 Å². The third kappa shape index (κ3) is 40.7. The molecule has 0 amide bonds. The number of hydrogen-bond acceptors (Lipinski definition) is 3. The SMILES string of the molecule is CCCCCCCCC/C=C\C(CCCCCCCCC(=O)O)OC(=O)CCCCCCCCCCC/C=C\CCCCCCCCCC. The number of carboxylic acid groups (broad SMARTS) is 1. The van der Waals surface area contributed by atoms with E-state index >= 15 is 0 Å². The van der Waals surface area contributed by atoms with Crippen molar-refractivity contribution in [1.82, 2.24) is 0 Å². The number of carbonyl (C=O) groups is 2. The molecule has 288 valence electrons. The van der Waals surface area contributed by atoms with Gasteiger partial charge in [-0.1, -0.05) is 186 Å². The Labute approximate surface area is 306 Å². The molecule has 0 saturated carbocycles. The van der Waals surface area contributed by atoms with E-state index in [1.165, 1.54) is 154 Å². The zero-order chi connectivity index (χ0) is 35.7. The molecule has 4 heteroatoms. The molecule has 0 aliphatic carbocycles. The van der Waals surface area contributed by atoms with Crippen molar-refractivity contribution in [3.63, 3.8) is 0 Å². The van der Waals surface area contributed by atoms with Crippen LogP contribution in [-0.4, -0.2) is 23.1 Å². The van der Waals surface area contributed by atoms with E-state index in [9.17, 15) is 9.59 Å². The maximum Gasteiger partial charge on any atom is 0.306 e. The van der Waals surface area contributed by atoms with E-state index in [-0.39, 0.29) is 18.5 Å². The molecule has 0 spiro atoms. The number of aliphatic carboxylic acids is 1. The Morgan fingerprint density at radius 2 is 0.796 bits per heavy atom. The molecule has 0 heterocycles. The minimum Gasteiger partial charge on any atom is -0.481 e. The minimum atomic E-state index is -0.697. The van der Waals surface area contributed by atoms with E-state index in [1.54, 1.807) is 0 Å². The predicted molar refractivity (Wildman–Crippen MR) is 213 cm³/mol. The Kier molecular flexibility index (Phi) is 39.5. The van der Waals surface area contributed by atoms with Crippen LogP contribution in [0.2, 0.25) is 0 Å². The van der Waals surface area contributed by atoms with Gasteiger partial charge in [0, 0.05) is 12.8 Å². The summed E-state index contributed by atoms with van der Waals surface area (Å²) in [5.41, 5.74) is 0. The van der Waals surface area contributed by atoms with Gasteiger partial charge in [-0.3, -0.25) is 9.59 Å². The molecule has 0 rings (SSSR count). The van der Waals surface area contributed by atoms with Gasteiger partial charge in [0.25, 0.3) is 0 Å². The fraction of sp³-hybridized carbons (Fsp3) is 0.867. The molecule has 1 unspecified atom stereocenters. The van der Waals surface area contributed by atoms with Crippen LogP contribution in [0.3, 0.4) is 0 Å². The minimum absolute atomic E-state index is 0.0360. The number of carboxylic acids is 1. The van der Waals surface area contributed by atoms with Crippen LogP contribution >= 0.6 is 0 Å². The summed E-state index contributed by atoms with van der Waals surface area (Å²) in [5, 5.41) is 8.79. The third-order valence-corrected chi connectivity index (χ3v) is 9.88. The number of esters is 1. The van der Waals surface area contributed by atoms with E-state index in [1.807, 2.05) is 0 Å². The summed E-state index contributed by atoms with van der Waals surface area (Å²) in [7, 11) is 0. The Balaban J connectivity index is 3.92. The molecule has 0 aromatic rings. The Bertz CT molecular complexity index is 742. The van der Waals surface area contributed by atoms with Crippen molar-refractivity contribution in [2.75, 3.05) is 0 Å². The van der Waals surface area contributed by atoms with Crippen molar-refractivity contribution in [1.29, 1.82) is 0 Å². The number of unbranched alkanes of at least 4 members (excludes halogenated alkanes) is 29. The summed E-state index contributed by atoms with van der Waals surface area (Å²) in [4.78, 5) is 23.3. The van der Waals surface area contributed by atoms with Crippen molar-refractivity contribution in [2.45, 2.75) is 251 Å². The molecule has 0 fully saturated rings. The van der Waals surface area contributed by atoms with Gasteiger partial charge >= 0.3 is 11.9 Å². The largest absolute Gasteiger partial charge is 0.481 e. The molecule has 49 heavy (non-hydrogen) atoms. The van der Waals surface area contributed by atoms with Crippen LogP contribution in [0.4, 0.5) is 0 Å². The first-order chi connectivity index (χ1) is 24.1. The standard InChI is InChI=1S/C45H84O4/c1-3-5-7-9-11-13-14-15-16-17-18-19-20-21-22-23-24-26-28-34-38-42-45(48)49-43(39-35-31-27-25-12-10-8-6-4-2)40-36-32-29-30-33-37-41-44(46)47/h17-18,35,39,43H,3-16,19-34,36-38,40-42H2,1-2H3,(H,46,47)/b18-17-,39-35-. The van der Waals surface area contributed by atoms with Crippen LogP contribution in [0, 0.1) is 0 Å². The Hall–Kier alpha value is -1.58.